The van der Waals surface area contributed by atoms with Gasteiger partial charge >= 0.3 is 6.18 Å². The molecule has 0 saturated carbocycles. The van der Waals surface area contributed by atoms with Gasteiger partial charge < -0.3 is 5.32 Å². The lowest BCUT2D eigenvalue weighted by molar-refractivity contribution is -0.137. The van der Waals surface area contributed by atoms with E-state index in [-0.39, 0.29) is 16.1 Å². The van der Waals surface area contributed by atoms with E-state index in [0.29, 0.717) is 23.0 Å². The number of carbonyl (C=O) groups excluding carboxylic acids is 1. The highest BCUT2D eigenvalue weighted by Gasteiger charge is 2.36. The molecule has 6 nitrogen and oxygen atoms in total. The molecule has 4 aromatic rings. The predicted molar refractivity (Wildman–Crippen MR) is 109 cm³/mol. The molecule has 2 aromatic carbocycles. The van der Waals surface area contributed by atoms with E-state index in [2.05, 4.69) is 20.5 Å². The van der Waals surface area contributed by atoms with Crippen molar-refractivity contribution in [3.8, 4) is 16.9 Å². The van der Waals surface area contributed by atoms with Crippen molar-refractivity contribution in [1.82, 2.24) is 20.0 Å². The van der Waals surface area contributed by atoms with E-state index in [1.165, 1.54) is 0 Å². The standard InChI is InChI=1S/C21H10ClF6N5O/c22-16-5-10(23)1-2-12(16)13-7-18(25)14(8-17(13)24)20(34)32-11-6-15(21(26,27)28)19(29-9-11)33-30-3-4-31-33/h1-9H,(H,32,34). The van der Waals surface area contributed by atoms with Crippen molar-refractivity contribution in [1.29, 1.82) is 0 Å². The first-order valence-corrected chi connectivity index (χ1v) is 9.62. The van der Waals surface area contributed by atoms with Gasteiger partial charge in [0.2, 0.25) is 0 Å². The number of hydrogen-bond acceptors (Lipinski definition) is 4. The Hall–Kier alpha value is -3.93. The molecule has 34 heavy (non-hydrogen) atoms. The maximum Gasteiger partial charge on any atom is 0.420 e. The van der Waals surface area contributed by atoms with Crippen LogP contribution in [0, 0.1) is 17.5 Å². The third kappa shape index (κ3) is 4.57. The molecule has 0 atom stereocenters. The fourth-order valence-electron chi connectivity index (χ4n) is 3.05. The van der Waals surface area contributed by atoms with Crippen LogP contribution in [0.5, 0.6) is 0 Å². The molecule has 0 aliphatic carbocycles. The number of benzene rings is 2. The molecule has 2 aromatic heterocycles. The van der Waals surface area contributed by atoms with Crippen LogP contribution in [0.4, 0.5) is 32.0 Å². The van der Waals surface area contributed by atoms with Crippen molar-refractivity contribution in [3.63, 3.8) is 0 Å². The second-order valence-electron chi connectivity index (χ2n) is 6.80. The second-order valence-corrected chi connectivity index (χ2v) is 7.21. The lowest BCUT2D eigenvalue weighted by Gasteiger charge is -2.14. The first-order chi connectivity index (χ1) is 16.0. The van der Waals surface area contributed by atoms with E-state index >= 15 is 0 Å². The number of alkyl halides is 3. The van der Waals surface area contributed by atoms with Crippen LogP contribution in [0.25, 0.3) is 16.9 Å². The third-order valence-corrected chi connectivity index (χ3v) is 4.87. The summed E-state index contributed by atoms with van der Waals surface area (Å²) in [7, 11) is 0. The Bertz CT molecular complexity index is 1390. The van der Waals surface area contributed by atoms with E-state index in [1.54, 1.807) is 0 Å². The summed E-state index contributed by atoms with van der Waals surface area (Å²) in [6, 6.07) is 4.82. The highest BCUT2D eigenvalue weighted by molar-refractivity contribution is 6.33. The fourth-order valence-corrected chi connectivity index (χ4v) is 3.32. The largest absolute Gasteiger partial charge is 0.420 e. The van der Waals surface area contributed by atoms with Crippen molar-refractivity contribution >= 4 is 23.2 Å². The van der Waals surface area contributed by atoms with Gasteiger partial charge in [-0.3, -0.25) is 4.79 Å². The summed E-state index contributed by atoms with van der Waals surface area (Å²) in [5.41, 5.74) is -2.84. The van der Waals surface area contributed by atoms with Crippen molar-refractivity contribution in [2.75, 3.05) is 5.32 Å². The Morgan fingerprint density at radius 3 is 2.29 bits per heavy atom. The van der Waals surface area contributed by atoms with Crippen LogP contribution in [0.1, 0.15) is 15.9 Å². The van der Waals surface area contributed by atoms with Crippen LogP contribution in [-0.4, -0.2) is 25.9 Å². The summed E-state index contributed by atoms with van der Waals surface area (Å²) >= 11 is 5.88. The van der Waals surface area contributed by atoms with Gasteiger partial charge in [-0.25, -0.2) is 18.2 Å². The van der Waals surface area contributed by atoms with Gasteiger partial charge in [-0.1, -0.05) is 11.6 Å². The average Bonchev–Trinajstić information content (AvgIpc) is 3.29. The molecule has 0 radical (unpaired) electrons. The zero-order chi connectivity index (χ0) is 24.6. The highest BCUT2D eigenvalue weighted by atomic mass is 35.5. The van der Waals surface area contributed by atoms with E-state index in [4.69, 9.17) is 11.6 Å². The molecule has 174 valence electrons. The normalized spacial score (nSPS) is 11.5. The molecule has 0 saturated heterocycles. The number of rotatable bonds is 4. The molecule has 2 heterocycles. The van der Waals surface area contributed by atoms with Crippen molar-refractivity contribution in [3.05, 3.63) is 88.6 Å². The number of pyridine rings is 1. The Morgan fingerprint density at radius 2 is 1.65 bits per heavy atom. The number of nitrogens with one attached hydrogen (secondary N) is 1. The minimum Gasteiger partial charge on any atom is -0.320 e. The minimum absolute atomic E-state index is 0.0201. The zero-order valence-corrected chi connectivity index (χ0v) is 17.3. The molecule has 1 amide bonds. The molecule has 0 fully saturated rings. The van der Waals surface area contributed by atoms with Gasteiger partial charge in [0.15, 0.2) is 5.82 Å². The van der Waals surface area contributed by atoms with Crippen LogP contribution < -0.4 is 5.32 Å². The van der Waals surface area contributed by atoms with Crippen molar-refractivity contribution < 1.29 is 31.1 Å². The molecule has 0 aliphatic rings. The molecule has 4 rings (SSSR count). The Morgan fingerprint density at radius 1 is 0.941 bits per heavy atom. The number of hydrogen-bond donors (Lipinski definition) is 1. The highest BCUT2D eigenvalue weighted by Crippen LogP contribution is 2.35. The fraction of sp³-hybridized carbons (Fsp3) is 0.0476. The molecule has 0 aliphatic heterocycles. The number of aromatic nitrogens is 4. The second kappa shape index (κ2) is 8.78. The maximum atomic E-state index is 14.6. The first-order valence-electron chi connectivity index (χ1n) is 9.24. The van der Waals surface area contributed by atoms with Crippen LogP contribution in [0.3, 0.4) is 0 Å². The summed E-state index contributed by atoms with van der Waals surface area (Å²) in [5.74, 6) is -4.81. The van der Waals surface area contributed by atoms with Gasteiger partial charge in [-0.15, -0.1) is 4.80 Å². The molecule has 1 N–H and O–H groups in total. The quantitative estimate of drug-likeness (QED) is 0.369. The Kier molecular flexibility index (Phi) is 6.00. The molecular formula is C21H10ClF6N5O. The van der Waals surface area contributed by atoms with E-state index in [9.17, 15) is 31.1 Å². The van der Waals surface area contributed by atoms with E-state index in [0.717, 1.165) is 36.8 Å². The minimum atomic E-state index is -4.88. The summed E-state index contributed by atoms with van der Waals surface area (Å²) < 4.78 is 83.0. The summed E-state index contributed by atoms with van der Waals surface area (Å²) in [6.45, 7) is 0. The average molecular weight is 498 g/mol. The third-order valence-electron chi connectivity index (χ3n) is 4.56. The predicted octanol–water partition coefficient (Wildman–Crippen LogP) is 5.67. The number of carbonyl (C=O) groups is 1. The van der Waals surface area contributed by atoms with E-state index in [1.807, 2.05) is 0 Å². The lowest BCUT2D eigenvalue weighted by Crippen LogP contribution is -2.18. The van der Waals surface area contributed by atoms with Crippen molar-refractivity contribution in [2.24, 2.45) is 0 Å². The number of halogens is 7. The monoisotopic (exact) mass is 497 g/mol. The number of nitrogens with zero attached hydrogens (tertiary/aromatic N) is 4. The molecule has 0 unspecified atom stereocenters. The molecule has 13 heteroatoms. The van der Waals surface area contributed by atoms with Gasteiger partial charge in [-0.2, -0.15) is 23.4 Å². The summed E-state index contributed by atoms with van der Waals surface area (Å²) in [4.78, 5) is 16.8. The van der Waals surface area contributed by atoms with Crippen LogP contribution in [-0.2, 0) is 6.18 Å². The van der Waals surface area contributed by atoms with E-state index < -0.39 is 52.2 Å². The maximum absolute atomic E-state index is 14.6. The Labute approximate surface area is 191 Å². The molecule has 0 spiro atoms. The zero-order valence-electron chi connectivity index (χ0n) is 16.5. The molecular weight excluding hydrogens is 488 g/mol. The molecule has 0 bridgehead atoms. The number of anilines is 1. The lowest BCUT2D eigenvalue weighted by atomic mass is 10.0. The smallest absolute Gasteiger partial charge is 0.320 e. The summed E-state index contributed by atoms with van der Waals surface area (Å²) in [5, 5.41) is 9.07. The Balaban J connectivity index is 1.66. The number of amides is 1. The van der Waals surface area contributed by atoms with Gasteiger partial charge in [-0.05, 0) is 36.4 Å². The van der Waals surface area contributed by atoms with Gasteiger partial charge in [0.1, 0.15) is 23.0 Å². The van der Waals surface area contributed by atoms with Crippen LogP contribution in [0.15, 0.2) is 55.0 Å². The van der Waals surface area contributed by atoms with Crippen molar-refractivity contribution in [2.45, 2.75) is 6.18 Å². The SMILES string of the molecule is O=C(Nc1cnc(-n2nccn2)c(C(F)(F)F)c1)c1cc(F)c(-c2ccc(F)cc2Cl)cc1F. The van der Waals surface area contributed by atoms with Gasteiger partial charge in [0.05, 0.1) is 34.9 Å². The topological polar surface area (TPSA) is 72.7 Å². The van der Waals surface area contributed by atoms with Gasteiger partial charge in [0.25, 0.3) is 5.91 Å². The van der Waals surface area contributed by atoms with Crippen LogP contribution >= 0.6 is 11.6 Å². The van der Waals surface area contributed by atoms with Crippen LogP contribution in [0.2, 0.25) is 5.02 Å². The first kappa shape index (κ1) is 23.2. The van der Waals surface area contributed by atoms with Gasteiger partial charge in [0, 0.05) is 11.1 Å². The summed E-state index contributed by atoms with van der Waals surface area (Å²) in [6.07, 6.45) is -1.70.